The first-order valence-electron chi connectivity index (χ1n) is 5.28. The molecule has 0 heterocycles. The Balaban J connectivity index is 3.35. The average molecular weight is 207 g/mol. The second-order valence-corrected chi connectivity index (χ2v) is 3.63. The van der Waals surface area contributed by atoms with E-state index >= 15 is 0 Å². The van der Waals surface area contributed by atoms with Gasteiger partial charge in [0, 0.05) is 12.1 Å². The van der Waals surface area contributed by atoms with Crippen molar-refractivity contribution in [3.63, 3.8) is 0 Å². The highest BCUT2D eigenvalue weighted by Gasteiger charge is 2.08. The molecule has 2 N–H and O–H groups in total. The molecule has 0 unspecified atom stereocenters. The summed E-state index contributed by atoms with van der Waals surface area (Å²) in [7, 11) is 0. The van der Waals surface area contributed by atoms with Gasteiger partial charge in [-0.05, 0) is 49.1 Å². The Labute approximate surface area is 90.8 Å². The van der Waals surface area contributed by atoms with E-state index in [4.69, 9.17) is 5.73 Å². The Kier molecular flexibility index (Phi) is 4.04. The van der Waals surface area contributed by atoms with Gasteiger partial charge >= 0.3 is 0 Å². The van der Waals surface area contributed by atoms with Crippen LogP contribution in [0.4, 0.5) is 4.39 Å². The Bertz CT molecular complexity index is 380. The zero-order valence-electron chi connectivity index (χ0n) is 9.60. The monoisotopic (exact) mass is 207 g/mol. The first-order chi connectivity index (χ1) is 7.13. The maximum Gasteiger partial charge on any atom is 0.128 e. The molecule has 0 aliphatic carbocycles. The minimum absolute atomic E-state index is 0.193. The number of rotatable bonds is 3. The molecule has 0 saturated heterocycles. The largest absolute Gasteiger partial charge is 0.326 e. The fourth-order valence-corrected chi connectivity index (χ4v) is 1.63. The number of nitrogens with two attached hydrogens (primary N) is 1. The molecule has 0 atom stereocenters. The normalized spacial score (nSPS) is 11.9. The SMILES string of the molecule is C/C=C(/C)c1cc(CN)c(F)cc1CC. The van der Waals surface area contributed by atoms with E-state index in [9.17, 15) is 4.39 Å². The molecule has 0 aromatic heterocycles. The fraction of sp³-hybridized carbons (Fsp3) is 0.385. The first-order valence-corrected chi connectivity index (χ1v) is 5.28. The van der Waals surface area contributed by atoms with Gasteiger partial charge in [0.05, 0.1) is 0 Å². The van der Waals surface area contributed by atoms with Crippen LogP contribution in [0, 0.1) is 5.82 Å². The Hall–Kier alpha value is -1.15. The van der Waals surface area contributed by atoms with Crippen molar-refractivity contribution in [2.45, 2.75) is 33.7 Å². The number of hydrogen-bond donors (Lipinski definition) is 1. The van der Waals surface area contributed by atoms with E-state index in [0.717, 1.165) is 17.5 Å². The van der Waals surface area contributed by atoms with E-state index in [1.165, 1.54) is 5.57 Å². The molecule has 1 nitrogen and oxygen atoms in total. The third-order valence-electron chi connectivity index (χ3n) is 2.73. The van der Waals surface area contributed by atoms with Crippen molar-refractivity contribution in [2.75, 3.05) is 0 Å². The molecular formula is C13H18FN. The van der Waals surface area contributed by atoms with Crippen molar-refractivity contribution in [2.24, 2.45) is 5.73 Å². The lowest BCUT2D eigenvalue weighted by molar-refractivity contribution is 0.608. The summed E-state index contributed by atoms with van der Waals surface area (Å²) >= 11 is 0. The minimum atomic E-state index is -0.193. The maximum atomic E-state index is 13.5. The molecule has 15 heavy (non-hydrogen) atoms. The standard InChI is InChI=1S/C13H18FN/c1-4-9(3)12-6-11(8-15)13(14)7-10(12)5-2/h4,6-7H,5,8,15H2,1-3H3/b9-4-. The van der Waals surface area contributed by atoms with Crippen molar-refractivity contribution >= 4 is 5.57 Å². The third kappa shape index (κ3) is 2.45. The molecule has 1 aromatic carbocycles. The second-order valence-electron chi connectivity index (χ2n) is 3.63. The van der Waals surface area contributed by atoms with Crippen molar-refractivity contribution < 1.29 is 4.39 Å². The first kappa shape index (κ1) is 11.9. The minimum Gasteiger partial charge on any atom is -0.326 e. The van der Waals surface area contributed by atoms with Gasteiger partial charge in [0.2, 0.25) is 0 Å². The van der Waals surface area contributed by atoms with Gasteiger partial charge in [-0.1, -0.05) is 13.0 Å². The summed E-state index contributed by atoms with van der Waals surface area (Å²) in [6, 6.07) is 3.47. The van der Waals surface area contributed by atoms with Gasteiger partial charge in [-0.2, -0.15) is 0 Å². The number of hydrogen-bond acceptors (Lipinski definition) is 1. The van der Waals surface area contributed by atoms with Crippen molar-refractivity contribution in [3.8, 4) is 0 Å². The Morgan fingerprint density at radius 3 is 2.53 bits per heavy atom. The van der Waals surface area contributed by atoms with Crippen molar-refractivity contribution in [3.05, 3.63) is 40.7 Å². The molecule has 1 rings (SSSR count). The molecule has 0 spiro atoms. The third-order valence-corrected chi connectivity index (χ3v) is 2.73. The zero-order chi connectivity index (χ0) is 11.4. The van der Waals surface area contributed by atoms with Gasteiger partial charge in [-0.3, -0.25) is 0 Å². The second kappa shape index (κ2) is 5.08. The summed E-state index contributed by atoms with van der Waals surface area (Å²) in [5, 5.41) is 0. The molecule has 0 aliphatic heterocycles. The Morgan fingerprint density at radius 1 is 1.40 bits per heavy atom. The molecule has 0 saturated carbocycles. The predicted molar refractivity (Wildman–Crippen MR) is 63.0 cm³/mol. The summed E-state index contributed by atoms with van der Waals surface area (Å²) < 4.78 is 13.5. The van der Waals surface area contributed by atoms with Gasteiger partial charge in [0.25, 0.3) is 0 Å². The van der Waals surface area contributed by atoms with Crippen molar-refractivity contribution in [1.82, 2.24) is 0 Å². The van der Waals surface area contributed by atoms with Crippen LogP contribution in [0.25, 0.3) is 5.57 Å². The molecular weight excluding hydrogens is 189 g/mol. The van der Waals surface area contributed by atoms with E-state index in [1.54, 1.807) is 6.07 Å². The Morgan fingerprint density at radius 2 is 2.07 bits per heavy atom. The van der Waals surface area contributed by atoms with Crippen LogP contribution in [-0.4, -0.2) is 0 Å². The van der Waals surface area contributed by atoms with Crippen LogP contribution in [0.15, 0.2) is 18.2 Å². The maximum absolute atomic E-state index is 13.5. The van der Waals surface area contributed by atoms with E-state index in [0.29, 0.717) is 5.56 Å². The van der Waals surface area contributed by atoms with Gasteiger partial charge in [0.1, 0.15) is 5.82 Å². The van der Waals surface area contributed by atoms with E-state index in [2.05, 4.69) is 0 Å². The van der Waals surface area contributed by atoms with Crippen LogP contribution in [0.3, 0.4) is 0 Å². The topological polar surface area (TPSA) is 26.0 Å². The predicted octanol–water partition coefficient (Wildman–Crippen LogP) is 3.27. The molecule has 0 amide bonds. The molecule has 2 heteroatoms. The molecule has 82 valence electrons. The molecule has 0 fully saturated rings. The van der Waals surface area contributed by atoms with Gasteiger partial charge in [-0.25, -0.2) is 4.39 Å². The number of allylic oxidation sites excluding steroid dienone is 2. The van der Waals surface area contributed by atoms with Crippen molar-refractivity contribution in [1.29, 1.82) is 0 Å². The smallest absolute Gasteiger partial charge is 0.128 e. The lowest BCUT2D eigenvalue weighted by atomic mass is 9.96. The number of halogens is 1. The summed E-state index contributed by atoms with van der Waals surface area (Å²) in [6.07, 6.45) is 2.87. The van der Waals surface area contributed by atoms with Crippen LogP contribution in [0.1, 0.15) is 37.5 Å². The molecule has 0 radical (unpaired) electrons. The van der Waals surface area contributed by atoms with Gasteiger partial charge in [0.15, 0.2) is 0 Å². The highest BCUT2D eigenvalue weighted by molar-refractivity contribution is 5.67. The van der Waals surface area contributed by atoms with E-state index in [1.807, 2.05) is 32.9 Å². The van der Waals surface area contributed by atoms with E-state index < -0.39 is 0 Å². The molecule has 0 bridgehead atoms. The van der Waals surface area contributed by atoms with Crippen LogP contribution in [0.5, 0.6) is 0 Å². The van der Waals surface area contributed by atoms with Crippen LogP contribution in [0.2, 0.25) is 0 Å². The van der Waals surface area contributed by atoms with Gasteiger partial charge < -0.3 is 5.73 Å². The van der Waals surface area contributed by atoms with Crippen LogP contribution >= 0.6 is 0 Å². The molecule has 0 aliphatic rings. The van der Waals surface area contributed by atoms with Crippen LogP contribution in [-0.2, 0) is 13.0 Å². The summed E-state index contributed by atoms with van der Waals surface area (Å²) in [4.78, 5) is 0. The number of benzene rings is 1. The summed E-state index contributed by atoms with van der Waals surface area (Å²) in [5.74, 6) is -0.193. The summed E-state index contributed by atoms with van der Waals surface area (Å²) in [5.41, 5.74) is 9.40. The zero-order valence-corrected chi connectivity index (χ0v) is 9.60. The lowest BCUT2D eigenvalue weighted by Crippen LogP contribution is -2.03. The van der Waals surface area contributed by atoms with Crippen LogP contribution < -0.4 is 5.73 Å². The fourth-order valence-electron chi connectivity index (χ4n) is 1.63. The average Bonchev–Trinajstić information content (AvgIpc) is 2.27. The summed E-state index contributed by atoms with van der Waals surface area (Å²) in [6.45, 7) is 6.30. The van der Waals surface area contributed by atoms with Gasteiger partial charge in [-0.15, -0.1) is 0 Å². The number of aryl methyl sites for hydroxylation is 1. The quantitative estimate of drug-likeness (QED) is 0.808. The molecule has 1 aromatic rings. The lowest BCUT2D eigenvalue weighted by Gasteiger charge is -2.11. The van der Waals surface area contributed by atoms with E-state index in [-0.39, 0.29) is 12.4 Å². The highest BCUT2D eigenvalue weighted by Crippen LogP contribution is 2.23. The highest BCUT2D eigenvalue weighted by atomic mass is 19.1.